The standard InChI is InChI=1S/3C12H26S.4C4H9.6C2H6OS.3ClH.S.4Sn/c3*1-2-3-4-5-6-7-8-9-10-11-12-13;4*1-3-4-2;6*3-1-2-4;;;;;;;;/h3*13H,2-12H2,1H3;4*1,3-4H2,2H3;6*3-4H,1-2H2;3*1H;;;;;/q;;;;;;;;;;;;;;;;-2;4*+3/p-12. The monoisotopic (exact) mass is 1910 g/mol. The van der Waals surface area contributed by atoms with Gasteiger partial charge in [-0.1, -0.05) is 213 Å². The number of unbranched alkanes of at least 4 members (excludes halogenated alkanes) is 31. The Kier molecular flexibility index (Phi) is 304. The SMILES string of the molecule is CCCCCCCCCCCC[S-].CCCCCCCCCCCC[S-].CCCCCCCCCCCC[S-].CCC[CH2][Sn+3].CCC[CH2][Sn+3].CCC[CH2][Sn+3].CCC[CH2][Sn+3].OCC[S-].OCC[S-].OCC[S-].OCC[S-].OCC[S-].OCC[S-].[Cl-].[Cl-].[Cl-].[S-2]. The molecule has 0 radical (unpaired) electrons. The van der Waals surface area contributed by atoms with Crippen LogP contribution in [0, 0.1) is 0 Å². The van der Waals surface area contributed by atoms with Crippen LogP contribution in [0.4, 0.5) is 0 Å². The molecule has 0 aliphatic heterocycles. The first-order valence-electron chi connectivity index (χ1n) is 32.9. The van der Waals surface area contributed by atoms with Gasteiger partial charge in [0.15, 0.2) is 0 Å². The molecule has 0 unspecified atom stereocenters. The molecule has 87 heavy (non-hydrogen) atoms. The second-order valence-corrected chi connectivity index (χ2v) is 28.0. The van der Waals surface area contributed by atoms with E-state index < -0.39 is 0 Å². The molecule has 0 rings (SSSR count). The zero-order valence-electron chi connectivity index (χ0n) is 57.2. The van der Waals surface area contributed by atoms with Crippen molar-refractivity contribution in [1.29, 1.82) is 0 Å². The van der Waals surface area contributed by atoms with E-state index in [0.29, 0.717) is 34.5 Å². The molecule has 0 aliphatic rings. The average molecular weight is 1910 g/mol. The van der Waals surface area contributed by atoms with Crippen LogP contribution in [0.25, 0.3) is 0 Å². The minimum atomic E-state index is 0. The molecule has 0 atom stereocenters. The van der Waals surface area contributed by atoms with E-state index in [1.165, 1.54) is 262 Å². The summed E-state index contributed by atoms with van der Waals surface area (Å²) in [7, 11) is 0. The van der Waals surface area contributed by atoms with Crippen molar-refractivity contribution >= 4 is 217 Å². The second-order valence-electron chi connectivity index (χ2n) is 18.6. The van der Waals surface area contributed by atoms with Gasteiger partial charge in [0, 0.05) is 39.6 Å². The molecule has 0 saturated carbocycles. The second kappa shape index (κ2) is 192. The summed E-state index contributed by atoms with van der Waals surface area (Å²) in [6.45, 7) is 16.5. The Bertz CT molecular complexity index is 623. The van der Waals surface area contributed by atoms with Crippen molar-refractivity contribution in [3.8, 4) is 0 Å². The number of aliphatic hydroxyl groups is 6. The number of aliphatic hydroxyl groups excluding tert-OH is 6. The van der Waals surface area contributed by atoms with Crippen molar-refractivity contribution in [1.82, 2.24) is 0 Å². The van der Waals surface area contributed by atoms with Gasteiger partial charge >= 0.3 is 187 Å². The van der Waals surface area contributed by atoms with Crippen LogP contribution >= 0.6 is 0 Å². The Morgan fingerprint density at radius 2 is 0.276 bits per heavy atom. The zero-order chi connectivity index (χ0) is 66.3. The fraction of sp³-hybridized carbons (Fsp3) is 1.00. The summed E-state index contributed by atoms with van der Waals surface area (Å²) in [5.74, 6) is 5.61. The van der Waals surface area contributed by atoms with Crippen LogP contribution in [0.5, 0.6) is 0 Å². The first-order valence-corrected chi connectivity index (χ1v) is 46.1. The molecule has 0 bridgehead atoms. The van der Waals surface area contributed by atoms with Gasteiger partial charge in [0.25, 0.3) is 0 Å². The summed E-state index contributed by atoms with van der Waals surface area (Å²) in [5, 5.41) is 46.6. The minimum absolute atomic E-state index is 0. The average Bonchev–Trinajstić information content (AvgIpc) is 3.52. The van der Waals surface area contributed by atoms with Crippen molar-refractivity contribution < 1.29 is 67.9 Å². The number of rotatable bonds is 44. The van der Waals surface area contributed by atoms with Crippen molar-refractivity contribution in [2.45, 2.75) is 310 Å². The van der Waals surface area contributed by atoms with E-state index in [9.17, 15) is 0 Å². The predicted octanol–water partition coefficient (Wildman–Crippen LogP) is 7.02. The molecule has 0 amide bonds. The third kappa shape index (κ3) is 295. The van der Waals surface area contributed by atoms with E-state index in [1.807, 2.05) is 0 Å². The van der Waals surface area contributed by atoms with Gasteiger partial charge in [0.2, 0.25) is 0 Å². The normalized spacial score (nSPS) is 8.80. The van der Waals surface area contributed by atoms with Gasteiger partial charge in [-0.25, -0.2) is 0 Å². The maximum atomic E-state index is 7.77. The van der Waals surface area contributed by atoms with Crippen LogP contribution in [-0.2, 0) is 127 Å². The van der Waals surface area contributed by atoms with Crippen molar-refractivity contribution in [3.05, 3.63) is 0 Å². The zero-order valence-corrected chi connectivity index (χ0v) is 79.1. The first kappa shape index (κ1) is 137. The molecule has 0 saturated heterocycles. The minimum Gasteiger partial charge on any atom is -2.00 e. The Morgan fingerprint density at radius 1 is 0.184 bits per heavy atom. The molecule has 0 aromatic heterocycles. The van der Waals surface area contributed by atoms with Crippen LogP contribution in [0.15, 0.2) is 0 Å². The van der Waals surface area contributed by atoms with E-state index in [0.717, 1.165) is 17.3 Å². The number of hydrogen-bond donors (Lipinski definition) is 6. The van der Waals surface area contributed by atoms with Crippen molar-refractivity contribution in [3.63, 3.8) is 0 Å². The third-order valence-electron chi connectivity index (χ3n) is 10.2. The van der Waals surface area contributed by atoms with Crippen LogP contribution in [0.2, 0.25) is 17.7 Å². The molecule has 6 N–H and O–H groups in total. The molecule has 0 fully saturated rings. The van der Waals surface area contributed by atoms with Crippen molar-refractivity contribution in [2.24, 2.45) is 0 Å². The van der Waals surface area contributed by atoms with E-state index in [4.69, 9.17) is 68.5 Å². The van der Waals surface area contributed by atoms with E-state index in [2.05, 4.69) is 124 Å². The van der Waals surface area contributed by atoms with Gasteiger partial charge in [0.1, 0.15) is 0 Å². The molecule has 0 aliphatic carbocycles. The van der Waals surface area contributed by atoms with Gasteiger partial charge in [-0.15, -0.1) is 0 Å². The van der Waals surface area contributed by atoms with Gasteiger partial charge in [0.05, 0.1) is 0 Å². The van der Waals surface area contributed by atoms with Gasteiger partial charge < -0.3 is 195 Å². The summed E-state index contributed by atoms with van der Waals surface area (Å²) in [4.78, 5) is 0. The van der Waals surface area contributed by atoms with E-state index in [1.54, 1.807) is 90.1 Å². The fourth-order valence-electron chi connectivity index (χ4n) is 5.48. The number of halogens is 3. The largest absolute Gasteiger partial charge is 2.00 e. The van der Waals surface area contributed by atoms with E-state index >= 15 is 0 Å². The first-order chi connectivity index (χ1) is 40.4. The topological polar surface area (TPSA) is 121 Å². The summed E-state index contributed by atoms with van der Waals surface area (Å²) in [6, 6.07) is 0. The molecule has 6 nitrogen and oxygen atoms in total. The molecule has 23 heteroatoms. The molecule has 0 aromatic carbocycles. The van der Waals surface area contributed by atoms with Crippen LogP contribution in [-0.4, -0.2) is 212 Å². The third-order valence-corrected chi connectivity index (χ3v) is 16.2. The van der Waals surface area contributed by atoms with Gasteiger partial charge in [-0.05, 0) is 0 Å². The quantitative estimate of drug-likeness (QED) is 0.0213. The summed E-state index contributed by atoms with van der Waals surface area (Å²) in [5.41, 5.74) is 0. The molecule has 532 valence electrons. The Hall–Kier alpha value is 7.32. The molecular weight excluding hydrogens is 1770 g/mol. The van der Waals surface area contributed by atoms with Crippen LogP contribution in [0.3, 0.4) is 0 Å². The van der Waals surface area contributed by atoms with Gasteiger partial charge in [-0.2, -0.15) is 51.8 Å². The predicted molar refractivity (Wildman–Crippen MR) is 417 cm³/mol. The van der Waals surface area contributed by atoms with Crippen molar-refractivity contribution in [2.75, 3.05) is 91.4 Å². The number of hydrogen-bond acceptors (Lipinski definition) is 15. The molecular formula is C64H141Cl3O6S10Sn4-2. The Balaban J connectivity index is -0.0000000419. The van der Waals surface area contributed by atoms with Crippen LogP contribution < -0.4 is 37.2 Å². The summed E-state index contributed by atoms with van der Waals surface area (Å²) < 4.78 is 5.74. The van der Waals surface area contributed by atoms with E-state index in [-0.39, 0.29) is 90.4 Å². The smallest absolute Gasteiger partial charge is 0.0213 e. The summed E-state index contributed by atoms with van der Waals surface area (Å²) >= 11 is 47.3. The fourth-order valence-corrected chi connectivity index (χ4v) is 10.1. The maximum Gasteiger partial charge on any atom is 0.0213 e. The Labute approximate surface area is 677 Å². The summed E-state index contributed by atoms with van der Waals surface area (Å²) in [6.07, 6.45) is 53.3. The Morgan fingerprint density at radius 3 is 0.333 bits per heavy atom. The van der Waals surface area contributed by atoms with Gasteiger partial charge in [-0.3, -0.25) is 0 Å². The van der Waals surface area contributed by atoms with Crippen LogP contribution in [0.1, 0.15) is 292 Å². The molecule has 0 heterocycles. The molecule has 0 spiro atoms. The molecule has 0 aromatic rings. The maximum absolute atomic E-state index is 7.77.